The van der Waals surface area contributed by atoms with Crippen LogP contribution in [0.1, 0.15) is 26.7 Å². The van der Waals surface area contributed by atoms with Crippen molar-refractivity contribution in [2.75, 3.05) is 13.1 Å². The molecule has 0 bridgehead atoms. The van der Waals surface area contributed by atoms with Crippen molar-refractivity contribution >= 4 is 0 Å². The fourth-order valence-corrected chi connectivity index (χ4v) is 0.660. The second-order valence-electron chi connectivity index (χ2n) is 2.60. The maximum Gasteiger partial charge on any atom is 0.00103 e. The Morgan fingerprint density at radius 2 is 2.00 bits per heavy atom. The van der Waals surface area contributed by atoms with Gasteiger partial charge in [0.2, 0.25) is 0 Å². The summed E-state index contributed by atoms with van der Waals surface area (Å²) in [5, 5.41) is 3.32. The Labute approximate surface area is 57.8 Å². The Balaban J connectivity index is 2.75. The third-order valence-corrected chi connectivity index (χ3v) is 1.18. The van der Waals surface area contributed by atoms with Crippen LogP contribution in [0.3, 0.4) is 0 Å². The quantitative estimate of drug-likeness (QED) is 0.538. The molecule has 0 amide bonds. The summed E-state index contributed by atoms with van der Waals surface area (Å²) >= 11 is 0. The minimum Gasteiger partial charge on any atom is -0.330 e. The van der Waals surface area contributed by atoms with Gasteiger partial charge in [0.25, 0.3) is 0 Å². The Hall–Kier alpha value is -0.0800. The van der Waals surface area contributed by atoms with Crippen molar-refractivity contribution in [3.8, 4) is 0 Å². The van der Waals surface area contributed by atoms with Gasteiger partial charge in [0.15, 0.2) is 0 Å². The van der Waals surface area contributed by atoms with Gasteiger partial charge in [-0.25, -0.2) is 0 Å². The summed E-state index contributed by atoms with van der Waals surface area (Å²) < 4.78 is 0. The number of hydrogen-bond donors (Lipinski definition) is 2. The summed E-state index contributed by atoms with van der Waals surface area (Å²) in [7, 11) is 0. The third-order valence-electron chi connectivity index (χ3n) is 1.18. The van der Waals surface area contributed by atoms with E-state index >= 15 is 0 Å². The van der Waals surface area contributed by atoms with E-state index in [4.69, 9.17) is 5.73 Å². The third kappa shape index (κ3) is 7.92. The summed E-state index contributed by atoms with van der Waals surface area (Å²) in [5.41, 5.74) is 5.32. The van der Waals surface area contributed by atoms with E-state index < -0.39 is 0 Å². The smallest absolute Gasteiger partial charge is 0.00103 e. The molecule has 0 aromatic heterocycles. The van der Waals surface area contributed by atoms with Gasteiger partial charge in [-0.1, -0.05) is 13.8 Å². The van der Waals surface area contributed by atoms with E-state index in [1.54, 1.807) is 0 Å². The summed E-state index contributed by atoms with van der Waals surface area (Å²) in [6, 6.07) is 0.614. The fourth-order valence-electron chi connectivity index (χ4n) is 0.660. The zero-order valence-corrected chi connectivity index (χ0v) is 6.48. The average Bonchev–Trinajstić information content (AvgIpc) is 1.80. The van der Waals surface area contributed by atoms with Gasteiger partial charge in [-0.2, -0.15) is 0 Å². The molecular formula is C7H18N2. The molecule has 0 atom stereocenters. The molecule has 2 nitrogen and oxygen atoms in total. The van der Waals surface area contributed by atoms with Gasteiger partial charge in [-0.05, 0) is 25.9 Å². The topological polar surface area (TPSA) is 38.0 Å². The molecule has 0 radical (unpaired) electrons. The largest absolute Gasteiger partial charge is 0.330 e. The Morgan fingerprint density at radius 1 is 1.33 bits per heavy atom. The normalized spacial score (nSPS) is 10.7. The second kappa shape index (κ2) is 6.05. The predicted octanol–water partition coefficient (Wildman–Crippen LogP) is 0.723. The molecule has 0 aliphatic rings. The van der Waals surface area contributed by atoms with Crippen molar-refractivity contribution in [2.45, 2.75) is 32.7 Å². The SMILES string of the molecule is CC(C)NCCCCN. The number of hydrogen-bond acceptors (Lipinski definition) is 2. The molecule has 0 unspecified atom stereocenters. The van der Waals surface area contributed by atoms with Gasteiger partial charge in [-0.3, -0.25) is 0 Å². The van der Waals surface area contributed by atoms with Gasteiger partial charge in [0, 0.05) is 6.04 Å². The van der Waals surface area contributed by atoms with Crippen LogP contribution in [0, 0.1) is 0 Å². The highest BCUT2D eigenvalue weighted by Gasteiger charge is 1.89. The first kappa shape index (κ1) is 8.92. The first-order chi connectivity index (χ1) is 4.27. The Bertz CT molecular complexity index is 52.9. The molecular weight excluding hydrogens is 112 g/mol. The molecule has 9 heavy (non-hydrogen) atoms. The Kier molecular flexibility index (Phi) is 5.99. The van der Waals surface area contributed by atoms with Crippen LogP contribution < -0.4 is 11.1 Å². The molecule has 0 saturated carbocycles. The lowest BCUT2D eigenvalue weighted by molar-refractivity contribution is 0.560. The van der Waals surface area contributed by atoms with Crippen LogP contribution in [-0.4, -0.2) is 19.1 Å². The van der Waals surface area contributed by atoms with Crippen LogP contribution in [-0.2, 0) is 0 Å². The molecule has 2 heteroatoms. The van der Waals surface area contributed by atoms with Crippen molar-refractivity contribution in [1.82, 2.24) is 5.32 Å². The van der Waals surface area contributed by atoms with Crippen molar-refractivity contribution in [3.63, 3.8) is 0 Å². The van der Waals surface area contributed by atoms with Crippen molar-refractivity contribution in [2.24, 2.45) is 5.73 Å². The van der Waals surface area contributed by atoms with E-state index in [-0.39, 0.29) is 0 Å². The monoisotopic (exact) mass is 130 g/mol. The first-order valence-corrected chi connectivity index (χ1v) is 3.71. The van der Waals surface area contributed by atoms with E-state index in [1.807, 2.05) is 0 Å². The van der Waals surface area contributed by atoms with Crippen molar-refractivity contribution in [3.05, 3.63) is 0 Å². The summed E-state index contributed by atoms with van der Waals surface area (Å²) in [6.07, 6.45) is 2.34. The summed E-state index contributed by atoms with van der Waals surface area (Å²) in [5.74, 6) is 0. The van der Waals surface area contributed by atoms with Crippen LogP contribution in [0.15, 0.2) is 0 Å². The van der Waals surface area contributed by atoms with E-state index in [1.165, 1.54) is 6.42 Å². The van der Waals surface area contributed by atoms with Crippen LogP contribution in [0.4, 0.5) is 0 Å². The lowest BCUT2D eigenvalue weighted by atomic mass is 10.3. The standard InChI is InChI=1S/C7H18N2/c1-7(2)9-6-4-3-5-8/h7,9H,3-6,8H2,1-2H3. The molecule has 56 valence electrons. The molecule has 0 fully saturated rings. The first-order valence-electron chi connectivity index (χ1n) is 3.71. The summed E-state index contributed by atoms with van der Waals surface area (Å²) in [6.45, 7) is 6.24. The lowest BCUT2D eigenvalue weighted by Gasteiger charge is -2.05. The number of nitrogens with one attached hydrogen (secondary N) is 1. The average molecular weight is 130 g/mol. The minimum atomic E-state index is 0.614. The Morgan fingerprint density at radius 3 is 2.44 bits per heavy atom. The molecule has 0 aromatic rings. The van der Waals surface area contributed by atoms with E-state index in [9.17, 15) is 0 Å². The highest BCUT2D eigenvalue weighted by molar-refractivity contribution is 4.52. The summed E-state index contributed by atoms with van der Waals surface area (Å²) in [4.78, 5) is 0. The highest BCUT2D eigenvalue weighted by Crippen LogP contribution is 1.83. The van der Waals surface area contributed by atoms with Gasteiger partial charge in [-0.15, -0.1) is 0 Å². The molecule has 0 rings (SSSR count). The minimum absolute atomic E-state index is 0.614. The van der Waals surface area contributed by atoms with Crippen molar-refractivity contribution < 1.29 is 0 Å². The van der Waals surface area contributed by atoms with Crippen LogP contribution >= 0.6 is 0 Å². The zero-order chi connectivity index (χ0) is 7.11. The van der Waals surface area contributed by atoms with E-state index in [0.717, 1.165) is 19.5 Å². The molecule has 0 aromatic carbocycles. The molecule has 0 heterocycles. The van der Waals surface area contributed by atoms with Gasteiger partial charge >= 0.3 is 0 Å². The van der Waals surface area contributed by atoms with Crippen LogP contribution in [0.2, 0.25) is 0 Å². The van der Waals surface area contributed by atoms with Crippen LogP contribution in [0.25, 0.3) is 0 Å². The highest BCUT2D eigenvalue weighted by atomic mass is 14.9. The fraction of sp³-hybridized carbons (Fsp3) is 1.00. The van der Waals surface area contributed by atoms with Gasteiger partial charge in [0.1, 0.15) is 0 Å². The molecule has 0 saturated heterocycles. The lowest BCUT2D eigenvalue weighted by Crippen LogP contribution is -2.24. The second-order valence-corrected chi connectivity index (χ2v) is 2.60. The van der Waals surface area contributed by atoms with E-state index in [2.05, 4.69) is 19.2 Å². The van der Waals surface area contributed by atoms with Crippen molar-refractivity contribution in [1.29, 1.82) is 0 Å². The predicted molar refractivity (Wildman–Crippen MR) is 41.4 cm³/mol. The maximum atomic E-state index is 5.32. The molecule has 0 aliphatic heterocycles. The van der Waals surface area contributed by atoms with Gasteiger partial charge in [0.05, 0.1) is 0 Å². The molecule has 0 spiro atoms. The zero-order valence-electron chi connectivity index (χ0n) is 6.48. The van der Waals surface area contributed by atoms with Gasteiger partial charge < -0.3 is 11.1 Å². The maximum absolute atomic E-state index is 5.32. The van der Waals surface area contributed by atoms with E-state index in [0.29, 0.717) is 6.04 Å². The number of nitrogens with two attached hydrogens (primary N) is 1. The van der Waals surface area contributed by atoms with Crippen LogP contribution in [0.5, 0.6) is 0 Å². The number of rotatable bonds is 5. The molecule has 3 N–H and O–H groups in total. The number of unbranched alkanes of at least 4 members (excludes halogenated alkanes) is 1. The molecule has 0 aliphatic carbocycles.